The first kappa shape index (κ1) is 12.8. The molecular weight excluding hydrogens is 208 g/mol. The summed E-state index contributed by atoms with van der Waals surface area (Å²) in [4.78, 5) is 24.4. The largest absolute Gasteiger partial charge is 0.480 e. The van der Waals surface area contributed by atoms with Crippen LogP contribution in [0.5, 0.6) is 0 Å². The first-order valence-corrected chi connectivity index (χ1v) is 5.69. The summed E-state index contributed by atoms with van der Waals surface area (Å²) >= 11 is 0. The molecule has 16 heavy (non-hydrogen) atoms. The average Bonchev–Trinajstić information content (AvgIpc) is 2.53. The number of nitrogens with zero attached hydrogens (tertiary/aromatic N) is 1. The lowest BCUT2D eigenvalue weighted by Crippen LogP contribution is -2.52. The van der Waals surface area contributed by atoms with Crippen LogP contribution in [0, 0.1) is 0 Å². The molecule has 92 valence electrons. The van der Waals surface area contributed by atoms with Crippen molar-refractivity contribution >= 4 is 12.0 Å². The Morgan fingerprint density at radius 3 is 2.50 bits per heavy atom. The zero-order valence-electron chi connectivity index (χ0n) is 10.1. The highest BCUT2D eigenvalue weighted by Crippen LogP contribution is 2.27. The summed E-state index contributed by atoms with van der Waals surface area (Å²) in [6.45, 7) is 6.45. The van der Waals surface area contributed by atoms with E-state index in [0.717, 1.165) is 12.8 Å². The van der Waals surface area contributed by atoms with Gasteiger partial charge in [0.05, 0.1) is 0 Å². The minimum atomic E-state index is -0.979. The van der Waals surface area contributed by atoms with E-state index < -0.39 is 12.0 Å². The molecule has 1 atom stereocenters. The predicted molar refractivity (Wildman–Crippen MR) is 60.3 cm³/mol. The number of carbonyl (C=O) groups is 2. The highest BCUT2D eigenvalue weighted by Gasteiger charge is 2.36. The molecule has 1 heterocycles. The minimum absolute atomic E-state index is 0.166. The van der Waals surface area contributed by atoms with E-state index in [2.05, 4.69) is 5.32 Å². The Hall–Kier alpha value is -1.26. The molecule has 5 heteroatoms. The van der Waals surface area contributed by atoms with Crippen molar-refractivity contribution in [2.75, 3.05) is 6.54 Å². The molecule has 5 nitrogen and oxygen atoms in total. The molecule has 0 saturated carbocycles. The summed E-state index contributed by atoms with van der Waals surface area (Å²) in [7, 11) is 0. The number of hydrogen-bond acceptors (Lipinski definition) is 2. The van der Waals surface area contributed by atoms with Crippen molar-refractivity contribution in [2.24, 2.45) is 0 Å². The predicted octanol–water partition coefficient (Wildman–Crippen LogP) is 1.43. The Bertz CT molecular complexity index is 289. The summed E-state index contributed by atoms with van der Waals surface area (Å²) < 4.78 is 0. The van der Waals surface area contributed by atoms with E-state index in [0.29, 0.717) is 13.0 Å². The Kier molecular flexibility index (Phi) is 3.78. The van der Waals surface area contributed by atoms with Gasteiger partial charge in [-0.1, -0.05) is 6.92 Å². The van der Waals surface area contributed by atoms with Crippen LogP contribution in [-0.4, -0.2) is 40.1 Å². The molecule has 2 N–H and O–H groups in total. The zero-order valence-corrected chi connectivity index (χ0v) is 10.1. The van der Waals surface area contributed by atoms with Gasteiger partial charge in [0.2, 0.25) is 0 Å². The van der Waals surface area contributed by atoms with E-state index in [-0.39, 0.29) is 11.6 Å². The minimum Gasteiger partial charge on any atom is -0.480 e. The maximum Gasteiger partial charge on any atom is 0.326 e. The van der Waals surface area contributed by atoms with Gasteiger partial charge >= 0.3 is 12.0 Å². The monoisotopic (exact) mass is 228 g/mol. The Labute approximate surface area is 95.8 Å². The van der Waals surface area contributed by atoms with Gasteiger partial charge in [-0.2, -0.15) is 0 Å². The topological polar surface area (TPSA) is 69.6 Å². The SMILES string of the molecule is CC[C@@H](NC(=O)N1CCCC1(C)C)C(=O)O. The number of carboxylic acid groups (broad SMARTS) is 1. The summed E-state index contributed by atoms with van der Waals surface area (Å²) in [5, 5.41) is 11.4. The molecule has 0 bridgehead atoms. The van der Waals surface area contributed by atoms with Crippen molar-refractivity contribution in [1.82, 2.24) is 10.2 Å². The van der Waals surface area contributed by atoms with Crippen LogP contribution < -0.4 is 5.32 Å². The average molecular weight is 228 g/mol. The van der Waals surface area contributed by atoms with Crippen LogP contribution in [0.15, 0.2) is 0 Å². The molecule has 1 aliphatic rings. The normalized spacial score (nSPS) is 20.6. The van der Waals surface area contributed by atoms with Crippen molar-refractivity contribution in [2.45, 2.75) is 51.6 Å². The summed E-state index contributed by atoms with van der Waals surface area (Å²) in [6, 6.07) is -1.05. The van der Waals surface area contributed by atoms with E-state index in [9.17, 15) is 9.59 Å². The molecule has 0 aromatic heterocycles. The van der Waals surface area contributed by atoms with Crippen LogP contribution in [0.3, 0.4) is 0 Å². The molecule has 0 aromatic rings. The Balaban J connectivity index is 2.61. The van der Waals surface area contributed by atoms with Gasteiger partial charge in [0, 0.05) is 12.1 Å². The van der Waals surface area contributed by atoms with Crippen molar-refractivity contribution < 1.29 is 14.7 Å². The summed E-state index contributed by atoms with van der Waals surface area (Å²) in [5.41, 5.74) is -0.166. The second-order valence-corrected chi connectivity index (χ2v) is 4.82. The smallest absolute Gasteiger partial charge is 0.326 e. The fourth-order valence-electron chi connectivity index (χ4n) is 2.05. The molecule has 2 amide bonds. The van der Waals surface area contributed by atoms with Gasteiger partial charge in [-0.15, -0.1) is 0 Å². The standard InChI is InChI=1S/C11H20N2O3/c1-4-8(9(14)15)12-10(16)13-7-5-6-11(13,2)3/h8H,4-7H2,1-3H3,(H,12,16)(H,14,15)/t8-/m1/s1. The molecule has 0 aromatic carbocycles. The molecule has 1 fully saturated rings. The van der Waals surface area contributed by atoms with Crippen LogP contribution in [0.4, 0.5) is 4.79 Å². The van der Waals surface area contributed by atoms with Gasteiger partial charge in [-0.05, 0) is 33.1 Å². The van der Waals surface area contributed by atoms with Gasteiger partial charge in [-0.25, -0.2) is 9.59 Å². The van der Waals surface area contributed by atoms with Crippen LogP contribution in [-0.2, 0) is 4.79 Å². The fourth-order valence-corrected chi connectivity index (χ4v) is 2.05. The number of carbonyl (C=O) groups excluding carboxylic acids is 1. The third-order valence-electron chi connectivity index (χ3n) is 3.15. The van der Waals surface area contributed by atoms with E-state index in [1.165, 1.54) is 0 Å². The highest BCUT2D eigenvalue weighted by molar-refractivity contribution is 5.83. The number of carboxylic acids is 1. The number of amides is 2. The Morgan fingerprint density at radius 1 is 1.50 bits per heavy atom. The second kappa shape index (κ2) is 4.72. The van der Waals surface area contributed by atoms with Crippen molar-refractivity contribution in [3.63, 3.8) is 0 Å². The first-order chi connectivity index (χ1) is 7.38. The van der Waals surface area contributed by atoms with E-state index >= 15 is 0 Å². The number of nitrogens with one attached hydrogen (secondary N) is 1. The van der Waals surface area contributed by atoms with Crippen LogP contribution >= 0.6 is 0 Å². The third kappa shape index (κ3) is 2.65. The summed E-state index contributed by atoms with van der Waals surface area (Å²) in [5.74, 6) is -0.979. The van der Waals surface area contributed by atoms with E-state index in [1.807, 2.05) is 13.8 Å². The lowest BCUT2D eigenvalue weighted by atomic mass is 10.0. The number of likely N-dealkylation sites (tertiary alicyclic amines) is 1. The van der Waals surface area contributed by atoms with Crippen molar-refractivity contribution in [3.05, 3.63) is 0 Å². The molecule has 1 saturated heterocycles. The van der Waals surface area contributed by atoms with Crippen molar-refractivity contribution in [1.29, 1.82) is 0 Å². The maximum absolute atomic E-state index is 11.9. The number of aliphatic carboxylic acids is 1. The number of rotatable bonds is 3. The Morgan fingerprint density at radius 2 is 2.12 bits per heavy atom. The number of urea groups is 1. The van der Waals surface area contributed by atoms with Crippen LogP contribution in [0.25, 0.3) is 0 Å². The first-order valence-electron chi connectivity index (χ1n) is 5.69. The van der Waals surface area contributed by atoms with Gasteiger partial charge in [0.25, 0.3) is 0 Å². The fraction of sp³-hybridized carbons (Fsp3) is 0.818. The lowest BCUT2D eigenvalue weighted by Gasteiger charge is -2.32. The molecular formula is C11H20N2O3. The molecule has 1 aliphatic heterocycles. The van der Waals surface area contributed by atoms with Crippen molar-refractivity contribution in [3.8, 4) is 0 Å². The van der Waals surface area contributed by atoms with Gasteiger partial charge in [0.1, 0.15) is 6.04 Å². The van der Waals surface area contributed by atoms with Gasteiger partial charge in [-0.3, -0.25) is 0 Å². The van der Waals surface area contributed by atoms with E-state index in [1.54, 1.807) is 11.8 Å². The third-order valence-corrected chi connectivity index (χ3v) is 3.15. The quantitative estimate of drug-likeness (QED) is 0.767. The van der Waals surface area contributed by atoms with Crippen LogP contribution in [0.2, 0.25) is 0 Å². The molecule has 1 rings (SSSR count). The highest BCUT2D eigenvalue weighted by atomic mass is 16.4. The lowest BCUT2D eigenvalue weighted by molar-refractivity contribution is -0.139. The van der Waals surface area contributed by atoms with Gasteiger partial charge < -0.3 is 15.3 Å². The maximum atomic E-state index is 11.9. The number of hydrogen-bond donors (Lipinski definition) is 2. The molecule has 0 radical (unpaired) electrons. The van der Waals surface area contributed by atoms with Crippen LogP contribution in [0.1, 0.15) is 40.0 Å². The molecule has 0 aliphatic carbocycles. The second-order valence-electron chi connectivity index (χ2n) is 4.82. The zero-order chi connectivity index (χ0) is 12.3. The summed E-state index contributed by atoms with van der Waals surface area (Å²) in [6.07, 6.45) is 2.34. The van der Waals surface area contributed by atoms with E-state index in [4.69, 9.17) is 5.11 Å². The molecule has 0 unspecified atom stereocenters. The molecule has 0 spiro atoms. The van der Waals surface area contributed by atoms with Gasteiger partial charge in [0.15, 0.2) is 0 Å².